The Kier molecular flexibility index (Phi) is 9.56. The van der Waals surface area contributed by atoms with Crippen LogP contribution in [0.1, 0.15) is 40.1 Å². The second-order valence-corrected chi connectivity index (χ2v) is 11.9. The number of carbonyl (C=O) groups is 4. The molecule has 1 aliphatic rings. The van der Waals surface area contributed by atoms with Gasteiger partial charge in [-0.1, -0.05) is 36.4 Å². The van der Waals surface area contributed by atoms with E-state index >= 15 is 4.39 Å². The molecule has 2 N–H and O–H groups in total. The minimum atomic E-state index is -3.82. The van der Waals surface area contributed by atoms with Gasteiger partial charge in [0.25, 0.3) is 11.8 Å². The fourth-order valence-corrected chi connectivity index (χ4v) is 5.31. The average Bonchev–Trinajstić information content (AvgIpc) is 3.22. The second-order valence-electron chi connectivity index (χ2n) is 10.00. The smallest absolute Gasteiger partial charge is 0.414 e. The quantitative estimate of drug-likeness (QED) is 0.317. The highest BCUT2D eigenvalue weighted by Crippen LogP contribution is 2.27. The maximum atomic E-state index is 15.0. The summed E-state index contributed by atoms with van der Waals surface area (Å²) >= 11 is 0. The predicted octanol–water partition coefficient (Wildman–Crippen LogP) is 3.31. The van der Waals surface area contributed by atoms with Gasteiger partial charge in [0, 0.05) is 38.3 Å². The Morgan fingerprint density at radius 3 is 2.19 bits per heavy atom. The lowest BCUT2D eigenvalue weighted by molar-refractivity contribution is -0.119. The SMILES string of the molecule is CC(=O)NC[C@@H](C)OC(=O)N(C)c1ccc(-c2ccc(CNS(=O)(=O)CCN3C(=O)c4ccccc4C3=O)cc2)c(F)c1. The summed E-state index contributed by atoms with van der Waals surface area (Å²) in [7, 11) is -2.38. The number of fused-ring (bicyclic) bond motifs is 1. The third kappa shape index (κ3) is 7.62. The van der Waals surface area contributed by atoms with Crippen LogP contribution in [0.3, 0.4) is 0 Å². The molecule has 0 bridgehead atoms. The molecule has 0 spiro atoms. The molecule has 3 aromatic carbocycles. The van der Waals surface area contributed by atoms with Crippen LogP contribution in [0.4, 0.5) is 14.9 Å². The van der Waals surface area contributed by atoms with Gasteiger partial charge in [0.1, 0.15) is 11.9 Å². The molecule has 0 saturated carbocycles. The molecule has 0 unspecified atom stereocenters. The van der Waals surface area contributed by atoms with E-state index in [0.29, 0.717) is 11.1 Å². The zero-order valence-corrected chi connectivity index (χ0v) is 24.6. The number of rotatable bonds is 11. The number of nitrogens with one attached hydrogen (secondary N) is 2. The predicted molar refractivity (Wildman–Crippen MR) is 157 cm³/mol. The lowest BCUT2D eigenvalue weighted by atomic mass is 10.0. The number of hydrogen-bond donors (Lipinski definition) is 2. The second kappa shape index (κ2) is 13.1. The van der Waals surface area contributed by atoms with Gasteiger partial charge in [-0.05, 0) is 48.4 Å². The minimum absolute atomic E-state index is 0.0422. The van der Waals surface area contributed by atoms with E-state index in [2.05, 4.69) is 10.0 Å². The Labute approximate surface area is 248 Å². The van der Waals surface area contributed by atoms with Crippen LogP contribution in [0.25, 0.3) is 11.1 Å². The van der Waals surface area contributed by atoms with Gasteiger partial charge in [0.2, 0.25) is 15.9 Å². The molecule has 3 aromatic rings. The van der Waals surface area contributed by atoms with Crippen LogP contribution in [0.2, 0.25) is 0 Å². The first-order valence-electron chi connectivity index (χ1n) is 13.4. The van der Waals surface area contributed by atoms with Crippen molar-refractivity contribution in [1.29, 1.82) is 0 Å². The molecule has 4 rings (SSSR count). The number of amides is 4. The largest absolute Gasteiger partial charge is 0.444 e. The molecular weight excluding hydrogens is 579 g/mol. The Morgan fingerprint density at radius 2 is 1.60 bits per heavy atom. The molecule has 1 heterocycles. The number of hydrogen-bond acceptors (Lipinski definition) is 7. The zero-order chi connectivity index (χ0) is 31.3. The molecule has 0 radical (unpaired) electrons. The molecule has 226 valence electrons. The van der Waals surface area contributed by atoms with Crippen LogP contribution < -0.4 is 14.9 Å². The highest BCUT2D eigenvalue weighted by molar-refractivity contribution is 7.89. The number of anilines is 1. The van der Waals surface area contributed by atoms with Crippen molar-refractivity contribution in [2.45, 2.75) is 26.5 Å². The van der Waals surface area contributed by atoms with Crippen LogP contribution in [0, 0.1) is 5.82 Å². The first kappa shape index (κ1) is 31.3. The van der Waals surface area contributed by atoms with Crippen molar-refractivity contribution in [3.8, 4) is 11.1 Å². The zero-order valence-electron chi connectivity index (χ0n) is 23.8. The number of sulfonamides is 1. The van der Waals surface area contributed by atoms with Crippen LogP contribution in [0.15, 0.2) is 66.7 Å². The molecule has 0 aliphatic carbocycles. The van der Waals surface area contributed by atoms with Crippen LogP contribution in [-0.2, 0) is 26.1 Å². The van der Waals surface area contributed by atoms with Gasteiger partial charge in [-0.15, -0.1) is 0 Å². The Bertz CT molecular complexity index is 1630. The van der Waals surface area contributed by atoms with Crippen molar-refractivity contribution in [3.05, 3.63) is 89.2 Å². The van der Waals surface area contributed by atoms with Gasteiger partial charge in [-0.2, -0.15) is 0 Å². The molecule has 0 fully saturated rings. The summed E-state index contributed by atoms with van der Waals surface area (Å²) in [6, 6.07) is 17.2. The monoisotopic (exact) mass is 610 g/mol. The molecular formula is C30H31FN4O7S. The van der Waals surface area contributed by atoms with Crippen molar-refractivity contribution in [1.82, 2.24) is 14.9 Å². The van der Waals surface area contributed by atoms with E-state index in [0.717, 1.165) is 9.80 Å². The Morgan fingerprint density at radius 1 is 0.977 bits per heavy atom. The fraction of sp³-hybridized carbons (Fsp3) is 0.267. The first-order chi connectivity index (χ1) is 20.4. The molecule has 0 aromatic heterocycles. The van der Waals surface area contributed by atoms with Crippen LogP contribution in [0.5, 0.6) is 0 Å². The van der Waals surface area contributed by atoms with Crippen molar-refractivity contribution in [2.75, 3.05) is 30.8 Å². The lowest BCUT2D eigenvalue weighted by Crippen LogP contribution is -2.37. The normalized spacial score (nSPS) is 13.4. The number of halogens is 1. The number of imide groups is 1. The van der Waals surface area contributed by atoms with Gasteiger partial charge >= 0.3 is 6.09 Å². The van der Waals surface area contributed by atoms with Gasteiger partial charge in [0.05, 0.1) is 23.4 Å². The summed E-state index contributed by atoms with van der Waals surface area (Å²) < 4.78 is 47.9. The summed E-state index contributed by atoms with van der Waals surface area (Å²) in [5.74, 6) is -2.33. The average molecular weight is 611 g/mol. The van der Waals surface area contributed by atoms with E-state index in [1.54, 1.807) is 49.4 Å². The fourth-order valence-electron chi connectivity index (χ4n) is 4.35. The number of nitrogens with zero attached hydrogens (tertiary/aromatic N) is 2. The van der Waals surface area contributed by atoms with E-state index in [9.17, 15) is 27.6 Å². The van der Waals surface area contributed by atoms with E-state index in [1.807, 2.05) is 0 Å². The van der Waals surface area contributed by atoms with Gasteiger partial charge in [-0.25, -0.2) is 22.3 Å². The van der Waals surface area contributed by atoms with E-state index in [4.69, 9.17) is 4.74 Å². The molecule has 13 heteroatoms. The maximum absolute atomic E-state index is 15.0. The van der Waals surface area contributed by atoms with Crippen LogP contribution >= 0.6 is 0 Å². The van der Waals surface area contributed by atoms with Crippen molar-refractivity contribution in [2.24, 2.45) is 0 Å². The van der Waals surface area contributed by atoms with Crippen molar-refractivity contribution < 1.29 is 36.7 Å². The molecule has 1 atom stereocenters. The summed E-state index contributed by atoms with van der Waals surface area (Å²) in [4.78, 5) is 50.4. The molecule has 11 nitrogen and oxygen atoms in total. The maximum Gasteiger partial charge on any atom is 0.414 e. The van der Waals surface area contributed by atoms with E-state index in [1.165, 1.54) is 38.2 Å². The number of carbonyl (C=O) groups excluding carboxylic acids is 4. The topological polar surface area (TPSA) is 142 Å². The standard InChI is InChI=1S/C30H31FN4O7S/c1-19(17-32-20(2)36)42-30(39)34(3)23-12-13-24(27(31)16-23)22-10-8-21(9-11-22)18-33-43(40,41)15-14-35-28(37)25-6-4-5-7-26(25)29(35)38/h4-13,16,19,33H,14-15,17-18H2,1-3H3,(H,32,36)/t19-/m1/s1. The summed E-state index contributed by atoms with van der Waals surface area (Å²) in [5.41, 5.74) is 2.20. The van der Waals surface area contributed by atoms with E-state index < -0.39 is 45.6 Å². The minimum Gasteiger partial charge on any atom is -0.444 e. The van der Waals surface area contributed by atoms with Gasteiger partial charge in [0.15, 0.2) is 0 Å². The highest BCUT2D eigenvalue weighted by atomic mass is 32.2. The summed E-state index contributed by atoms with van der Waals surface area (Å²) in [6.45, 7) is 2.80. The van der Waals surface area contributed by atoms with E-state index in [-0.39, 0.29) is 47.9 Å². The Balaban J connectivity index is 1.31. The molecule has 43 heavy (non-hydrogen) atoms. The number of ether oxygens (including phenoxy) is 1. The Hall–Kier alpha value is -4.62. The van der Waals surface area contributed by atoms with Crippen molar-refractivity contribution >= 4 is 39.5 Å². The summed E-state index contributed by atoms with van der Waals surface area (Å²) in [5, 5.41) is 2.55. The van der Waals surface area contributed by atoms with Gasteiger partial charge < -0.3 is 10.1 Å². The molecule has 4 amide bonds. The molecule has 1 aliphatic heterocycles. The first-order valence-corrected chi connectivity index (χ1v) is 15.0. The van der Waals surface area contributed by atoms with Crippen LogP contribution in [-0.4, -0.2) is 69.1 Å². The third-order valence-electron chi connectivity index (χ3n) is 6.78. The van der Waals surface area contributed by atoms with Gasteiger partial charge in [-0.3, -0.25) is 24.2 Å². The summed E-state index contributed by atoms with van der Waals surface area (Å²) in [6.07, 6.45) is -1.29. The highest BCUT2D eigenvalue weighted by Gasteiger charge is 2.35. The number of benzene rings is 3. The third-order valence-corrected chi connectivity index (χ3v) is 8.08. The molecule has 0 saturated heterocycles. The lowest BCUT2D eigenvalue weighted by Gasteiger charge is -2.21. The van der Waals surface area contributed by atoms with Crippen molar-refractivity contribution in [3.63, 3.8) is 0 Å².